The standard InChI is InChI=1S/C9H11F/c1-8-6-4-2-3-5-7-9(8)10/h2-3,6-7H,4-5H2,1H3/b3-2-,8-6-,9-7?. The molecule has 0 unspecified atom stereocenters. The van der Waals surface area contributed by atoms with Crippen LogP contribution in [-0.2, 0) is 0 Å². The first kappa shape index (κ1) is 7.26. The molecule has 54 valence electrons. The summed E-state index contributed by atoms with van der Waals surface area (Å²) in [6, 6.07) is 0. The minimum Gasteiger partial charge on any atom is -0.207 e. The first-order valence-corrected chi connectivity index (χ1v) is 3.48. The van der Waals surface area contributed by atoms with Crippen LogP contribution in [0.15, 0.2) is 35.7 Å². The molecule has 0 aromatic heterocycles. The summed E-state index contributed by atoms with van der Waals surface area (Å²) in [7, 11) is 0. The summed E-state index contributed by atoms with van der Waals surface area (Å²) < 4.78 is 12.8. The van der Waals surface area contributed by atoms with Crippen molar-refractivity contribution < 1.29 is 4.39 Å². The first-order valence-electron chi connectivity index (χ1n) is 3.48. The van der Waals surface area contributed by atoms with E-state index in [4.69, 9.17) is 0 Å². The highest BCUT2D eigenvalue weighted by Crippen LogP contribution is 2.14. The van der Waals surface area contributed by atoms with Gasteiger partial charge in [-0.3, -0.25) is 0 Å². The third-order valence-electron chi connectivity index (χ3n) is 1.54. The second-order valence-corrected chi connectivity index (χ2v) is 2.38. The molecular formula is C9H11F. The Morgan fingerprint density at radius 2 is 1.80 bits per heavy atom. The number of hydrogen-bond acceptors (Lipinski definition) is 0. The van der Waals surface area contributed by atoms with Crippen LogP contribution in [0.1, 0.15) is 19.8 Å². The van der Waals surface area contributed by atoms with Gasteiger partial charge in [0, 0.05) is 0 Å². The number of allylic oxidation sites excluding steroid dienone is 6. The van der Waals surface area contributed by atoms with E-state index in [1.165, 1.54) is 0 Å². The molecule has 0 spiro atoms. The molecule has 0 radical (unpaired) electrons. The maximum atomic E-state index is 12.8. The van der Waals surface area contributed by atoms with Crippen molar-refractivity contribution in [2.24, 2.45) is 0 Å². The minimum absolute atomic E-state index is 0.0793. The Morgan fingerprint density at radius 3 is 2.50 bits per heavy atom. The van der Waals surface area contributed by atoms with Gasteiger partial charge in [-0.25, -0.2) is 4.39 Å². The molecule has 0 aliphatic heterocycles. The third-order valence-corrected chi connectivity index (χ3v) is 1.54. The first-order chi connectivity index (χ1) is 4.80. The van der Waals surface area contributed by atoms with Crippen LogP contribution in [0.5, 0.6) is 0 Å². The van der Waals surface area contributed by atoms with Crippen LogP contribution >= 0.6 is 0 Å². The van der Waals surface area contributed by atoms with Crippen molar-refractivity contribution in [2.75, 3.05) is 0 Å². The second-order valence-electron chi connectivity index (χ2n) is 2.38. The van der Waals surface area contributed by atoms with Crippen molar-refractivity contribution >= 4 is 0 Å². The normalized spacial score (nSPS) is 27.4. The Balaban J connectivity index is 2.79. The fourth-order valence-corrected chi connectivity index (χ4v) is 0.867. The molecular weight excluding hydrogens is 127 g/mol. The Hall–Kier alpha value is -0.850. The largest absolute Gasteiger partial charge is 0.207 e. The van der Waals surface area contributed by atoms with Gasteiger partial charge >= 0.3 is 0 Å². The molecule has 0 nitrogen and oxygen atoms in total. The molecule has 1 aliphatic rings. The molecule has 0 amide bonds. The quantitative estimate of drug-likeness (QED) is 0.451. The Morgan fingerprint density at radius 1 is 1.20 bits per heavy atom. The van der Waals surface area contributed by atoms with Crippen molar-refractivity contribution in [3.05, 3.63) is 35.7 Å². The molecule has 0 aromatic carbocycles. The SMILES string of the molecule is C/C1=C/C/C=C\CC=C1F. The lowest BCUT2D eigenvalue weighted by atomic mass is 10.1. The van der Waals surface area contributed by atoms with Gasteiger partial charge in [0.2, 0.25) is 0 Å². The van der Waals surface area contributed by atoms with Crippen molar-refractivity contribution in [2.45, 2.75) is 19.8 Å². The molecule has 0 bridgehead atoms. The molecule has 0 N–H and O–H groups in total. The second kappa shape index (κ2) is 3.35. The predicted molar refractivity (Wildman–Crippen MR) is 41.3 cm³/mol. The van der Waals surface area contributed by atoms with Crippen LogP contribution < -0.4 is 0 Å². The number of halogens is 1. The summed E-state index contributed by atoms with van der Waals surface area (Å²) in [4.78, 5) is 0. The van der Waals surface area contributed by atoms with Gasteiger partial charge in [-0.1, -0.05) is 18.2 Å². The van der Waals surface area contributed by atoms with Gasteiger partial charge in [0.15, 0.2) is 0 Å². The van der Waals surface area contributed by atoms with Gasteiger partial charge in [-0.15, -0.1) is 0 Å². The molecule has 0 fully saturated rings. The highest BCUT2D eigenvalue weighted by atomic mass is 19.1. The molecule has 1 rings (SSSR count). The van der Waals surface area contributed by atoms with Crippen LogP contribution in [0.25, 0.3) is 0 Å². The van der Waals surface area contributed by atoms with E-state index in [1.54, 1.807) is 13.0 Å². The zero-order chi connectivity index (χ0) is 7.40. The van der Waals surface area contributed by atoms with E-state index < -0.39 is 0 Å². The lowest BCUT2D eigenvalue weighted by molar-refractivity contribution is 0.645. The van der Waals surface area contributed by atoms with Gasteiger partial charge < -0.3 is 0 Å². The summed E-state index contributed by atoms with van der Waals surface area (Å²) in [5, 5.41) is 0. The molecule has 1 aliphatic carbocycles. The van der Waals surface area contributed by atoms with Gasteiger partial charge in [0.25, 0.3) is 0 Å². The van der Waals surface area contributed by atoms with Gasteiger partial charge in [0.05, 0.1) is 0 Å². The van der Waals surface area contributed by atoms with Crippen molar-refractivity contribution in [3.63, 3.8) is 0 Å². The zero-order valence-electron chi connectivity index (χ0n) is 6.10. The molecule has 1 heteroatoms. The molecule has 10 heavy (non-hydrogen) atoms. The van der Waals surface area contributed by atoms with Crippen LogP contribution in [0.2, 0.25) is 0 Å². The van der Waals surface area contributed by atoms with Crippen molar-refractivity contribution in [3.8, 4) is 0 Å². The van der Waals surface area contributed by atoms with E-state index in [1.807, 2.05) is 18.2 Å². The Labute approximate surface area is 60.7 Å². The van der Waals surface area contributed by atoms with Crippen molar-refractivity contribution in [1.82, 2.24) is 0 Å². The fourth-order valence-electron chi connectivity index (χ4n) is 0.867. The lowest BCUT2D eigenvalue weighted by Gasteiger charge is -1.98. The van der Waals surface area contributed by atoms with Crippen LogP contribution in [0, 0.1) is 0 Å². The Bertz CT molecular complexity index is 175. The average molecular weight is 138 g/mol. The summed E-state index contributed by atoms with van der Waals surface area (Å²) in [6.45, 7) is 1.80. The maximum Gasteiger partial charge on any atom is 0.122 e. The summed E-state index contributed by atoms with van der Waals surface area (Å²) in [6.07, 6.45) is 9.09. The Kier molecular flexibility index (Phi) is 2.43. The van der Waals surface area contributed by atoms with E-state index in [0.717, 1.165) is 18.4 Å². The fraction of sp³-hybridized carbons (Fsp3) is 0.333. The molecule has 0 aromatic rings. The van der Waals surface area contributed by atoms with E-state index in [2.05, 4.69) is 0 Å². The van der Waals surface area contributed by atoms with Crippen LogP contribution in [0.3, 0.4) is 0 Å². The molecule has 0 saturated carbocycles. The average Bonchev–Trinajstić information content (AvgIpc) is 1.92. The smallest absolute Gasteiger partial charge is 0.122 e. The van der Waals surface area contributed by atoms with E-state index in [-0.39, 0.29) is 5.83 Å². The predicted octanol–water partition coefficient (Wildman–Crippen LogP) is 3.14. The van der Waals surface area contributed by atoms with Crippen LogP contribution in [0.4, 0.5) is 4.39 Å². The zero-order valence-corrected chi connectivity index (χ0v) is 6.10. The molecule has 0 saturated heterocycles. The van der Waals surface area contributed by atoms with E-state index in [0.29, 0.717) is 0 Å². The molecule has 0 atom stereocenters. The highest BCUT2D eigenvalue weighted by Gasteiger charge is 1.96. The third kappa shape index (κ3) is 1.83. The maximum absolute atomic E-state index is 12.8. The number of hydrogen-bond donors (Lipinski definition) is 0. The summed E-state index contributed by atoms with van der Waals surface area (Å²) in [5.74, 6) is -0.0793. The highest BCUT2D eigenvalue weighted by molar-refractivity contribution is 5.25. The van der Waals surface area contributed by atoms with Gasteiger partial charge in [-0.2, -0.15) is 0 Å². The summed E-state index contributed by atoms with van der Waals surface area (Å²) in [5.41, 5.74) is 0.754. The topological polar surface area (TPSA) is 0 Å². The minimum atomic E-state index is -0.0793. The van der Waals surface area contributed by atoms with Crippen molar-refractivity contribution in [1.29, 1.82) is 0 Å². The number of rotatable bonds is 0. The summed E-state index contributed by atoms with van der Waals surface area (Å²) >= 11 is 0. The molecule has 0 heterocycles. The van der Waals surface area contributed by atoms with Crippen LogP contribution in [-0.4, -0.2) is 0 Å². The van der Waals surface area contributed by atoms with E-state index >= 15 is 0 Å². The van der Waals surface area contributed by atoms with Gasteiger partial charge in [-0.05, 0) is 31.4 Å². The van der Waals surface area contributed by atoms with E-state index in [9.17, 15) is 4.39 Å². The lowest BCUT2D eigenvalue weighted by Crippen LogP contribution is -1.79. The monoisotopic (exact) mass is 138 g/mol. The van der Waals surface area contributed by atoms with Gasteiger partial charge in [0.1, 0.15) is 5.83 Å².